The van der Waals surface area contributed by atoms with E-state index in [0.29, 0.717) is 0 Å². The average molecular weight is 250 g/mol. The molecule has 0 aliphatic carbocycles. The smallest absolute Gasteiger partial charge is 0.363 e. The second-order valence-corrected chi connectivity index (χ2v) is 2.88. The number of imidazole rings is 1. The molecule has 0 bridgehead atoms. The van der Waals surface area contributed by atoms with Crippen molar-refractivity contribution in [2.24, 2.45) is 7.05 Å². The van der Waals surface area contributed by atoms with Crippen LogP contribution in [0.15, 0.2) is 4.73 Å². The Bertz CT molecular complexity index is 385. The minimum Gasteiger partial charge on any atom is -0.476 e. The molecule has 13 heavy (non-hydrogen) atoms. The highest BCUT2D eigenvalue weighted by molar-refractivity contribution is 9.10. The molecule has 1 rings (SSSR count). The number of carboxylic acids is 1. The maximum Gasteiger partial charge on any atom is 0.363 e. The van der Waals surface area contributed by atoms with Crippen molar-refractivity contribution in [2.45, 2.75) is 0 Å². The SMILES string of the molecule is Cn1c(Br)nc(C(=O)O)c1[N+](=O)[O-]. The second-order valence-electron chi connectivity index (χ2n) is 2.17. The molecule has 0 amide bonds. The van der Waals surface area contributed by atoms with Gasteiger partial charge in [0.05, 0.1) is 7.05 Å². The number of carboxylic acid groups (broad SMARTS) is 1. The van der Waals surface area contributed by atoms with Crippen LogP contribution in [0.1, 0.15) is 10.5 Å². The Morgan fingerprint density at radius 3 is 2.62 bits per heavy atom. The molecule has 0 radical (unpaired) electrons. The fourth-order valence-electron chi connectivity index (χ4n) is 0.816. The zero-order valence-electron chi connectivity index (χ0n) is 6.39. The maximum absolute atomic E-state index is 10.5. The summed E-state index contributed by atoms with van der Waals surface area (Å²) in [5, 5.41) is 19.0. The van der Waals surface area contributed by atoms with Crippen molar-refractivity contribution in [2.75, 3.05) is 0 Å². The molecule has 0 atom stereocenters. The molecule has 1 heterocycles. The fraction of sp³-hybridized carbons (Fsp3) is 0.200. The highest BCUT2D eigenvalue weighted by Gasteiger charge is 2.28. The van der Waals surface area contributed by atoms with Crippen molar-refractivity contribution in [3.63, 3.8) is 0 Å². The summed E-state index contributed by atoms with van der Waals surface area (Å²) in [5.41, 5.74) is -0.570. The Hall–Kier alpha value is -1.44. The highest BCUT2D eigenvalue weighted by atomic mass is 79.9. The first-order valence-electron chi connectivity index (χ1n) is 3.05. The van der Waals surface area contributed by atoms with Gasteiger partial charge in [0.2, 0.25) is 5.69 Å². The van der Waals surface area contributed by atoms with Crippen LogP contribution in [0.4, 0.5) is 5.82 Å². The third-order valence-electron chi connectivity index (χ3n) is 1.39. The van der Waals surface area contributed by atoms with E-state index >= 15 is 0 Å². The zero-order chi connectivity index (χ0) is 10.2. The van der Waals surface area contributed by atoms with Gasteiger partial charge < -0.3 is 15.2 Å². The Kier molecular flexibility index (Phi) is 2.32. The minimum absolute atomic E-state index is 0.108. The predicted molar refractivity (Wildman–Crippen MR) is 44.5 cm³/mol. The van der Waals surface area contributed by atoms with Crippen molar-refractivity contribution in [3.05, 3.63) is 20.5 Å². The van der Waals surface area contributed by atoms with E-state index < -0.39 is 22.4 Å². The molecule has 8 heteroatoms. The Morgan fingerprint density at radius 2 is 2.31 bits per heavy atom. The third-order valence-corrected chi connectivity index (χ3v) is 2.10. The maximum atomic E-state index is 10.5. The van der Waals surface area contributed by atoms with Gasteiger partial charge in [-0.25, -0.2) is 9.36 Å². The number of rotatable bonds is 2. The summed E-state index contributed by atoms with van der Waals surface area (Å²) < 4.78 is 1.15. The zero-order valence-corrected chi connectivity index (χ0v) is 7.98. The van der Waals surface area contributed by atoms with Gasteiger partial charge in [-0.3, -0.25) is 0 Å². The van der Waals surface area contributed by atoms with Gasteiger partial charge in [-0.05, 0) is 4.92 Å². The lowest BCUT2D eigenvalue weighted by molar-refractivity contribution is -0.392. The average Bonchev–Trinajstić information content (AvgIpc) is 2.28. The molecule has 0 spiro atoms. The molecule has 1 aromatic rings. The van der Waals surface area contributed by atoms with Gasteiger partial charge in [0.1, 0.15) is 0 Å². The van der Waals surface area contributed by atoms with Crippen molar-refractivity contribution < 1.29 is 14.8 Å². The van der Waals surface area contributed by atoms with Gasteiger partial charge in [0.15, 0.2) is 0 Å². The van der Waals surface area contributed by atoms with E-state index in [-0.39, 0.29) is 4.73 Å². The first-order valence-corrected chi connectivity index (χ1v) is 3.84. The van der Waals surface area contributed by atoms with Crippen LogP contribution < -0.4 is 0 Å². The number of aromatic carboxylic acids is 1. The molecule has 70 valence electrons. The second kappa shape index (κ2) is 3.13. The van der Waals surface area contributed by atoms with Gasteiger partial charge in [0, 0.05) is 15.9 Å². The molecule has 0 saturated heterocycles. The van der Waals surface area contributed by atoms with Gasteiger partial charge in [-0.15, -0.1) is 0 Å². The molecular formula is C5H4BrN3O4. The van der Waals surface area contributed by atoms with E-state index in [0.717, 1.165) is 4.57 Å². The molecule has 0 aliphatic rings. The van der Waals surface area contributed by atoms with Crippen LogP contribution in [0.2, 0.25) is 0 Å². The van der Waals surface area contributed by atoms with Gasteiger partial charge in [-0.1, -0.05) is 0 Å². The number of nitrogens with zero attached hydrogens (tertiary/aromatic N) is 3. The number of halogens is 1. The standard InChI is InChI=1S/C5H4BrN3O4/c1-8-3(9(12)13)2(4(10)11)7-5(8)6/h1H3,(H,10,11). The first-order chi connectivity index (χ1) is 5.95. The van der Waals surface area contributed by atoms with Crippen molar-refractivity contribution in [3.8, 4) is 0 Å². The lowest BCUT2D eigenvalue weighted by Crippen LogP contribution is -2.04. The lowest BCUT2D eigenvalue weighted by atomic mass is 10.4. The summed E-state index contributed by atoms with van der Waals surface area (Å²) in [5.74, 6) is -1.97. The van der Waals surface area contributed by atoms with Crippen LogP contribution in [0.25, 0.3) is 0 Å². The summed E-state index contributed by atoms with van der Waals surface area (Å²) in [7, 11) is 1.35. The van der Waals surface area contributed by atoms with E-state index in [1.807, 2.05) is 0 Å². The molecule has 0 unspecified atom stereocenters. The van der Waals surface area contributed by atoms with Gasteiger partial charge >= 0.3 is 11.8 Å². The van der Waals surface area contributed by atoms with Gasteiger partial charge in [-0.2, -0.15) is 4.98 Å². The molecule has 0 aliphatic heterocycles. The topological polar surface area (TPSA) is 98.3 Å². The molecule has 1 N–H and O–H groups in total. The van der Waals surface area contributed by atoms with Crippen LogP contribution >= 0.6 is 15.9 Å². The minimum atomic E-state index is -1.42. The Balaban J connectivity index is 3.44. The predicted octanol–water partition coefficient (Wildman–Crippen LogP) is 0.789. The van der Waals surface area contributed by atoms with E-state index in [1.165, 1.54) is 7.05 Å². The Labute approximate surface area is 80.3 Å². The van der Waals surface area contributed by atoms with Gasteiger partial charge in [0.25, 0.3) is 4.73 Å². The van der Waals surface area contributed by atoms with Crippen molar-refractivity contribution in [1.82, 2.24) is 9.55 Å². The van der Waals surface area contributed by atoms with Crippen LogP contribution in [0, 0.1) is 10.1 Å². The lowest BCUT2D eigenvalue weighted by Gasteiger charge is -1.94. The van der Waals surface area contributed by atoms with Crippen LogP contribution in [0.5, 0.6) is 0 Å². The summed E-state index contributed by atoms with van der Waals surface area (Å²) in [6.07, 6.45) is 0. The summed E-state index contributed by atoms with van der Waals surface area (Å²) in [4.78, 5) is 23.6. The van der Waals surface area contributed by atoms with E-state index in [1.54, 1.807) is 0 Å². The molecule has 0 aromatic carbocycles. The number of hydrogen-bond donors (Lipinski definition) is 1. The number of carbonyl (C=O) groups is 1. The van der Waals surface area contributed by atoms with Crippen molar-refractivity contribution in [1.29, 1.82) is 0 Å². The molecule has 0 saturated carbocycles. The van der Waals surface area contributed by atoms with Crippen molar-refractivity contribution >= 4 is 27.7 Å². The van der Waals surface area contributed by atoms with Crippen LogP contribution in [-0.4, -0.2) is 25.6 Å². The fourth-order valence-corrected chi connectivity index (χ4v) is 1.16. The molecular weight excluding hydrogens is 246 g/mol. The molecule has 1 aromatic heterocycles. The molecule has 7 nitrogen and oxygen atoms in total. The highest BCUT2D eigenvalue weighted by Crippen LogP contribution is 2.22. The normalized spacial score (nSPS) is 10.0. The van der Waals surface area contributed by atoms with E-state index in [4.69, 9.17) is 5.11 Å². The summed E-state index contributed by atoms with van der Waals surface area (Å²) in [6, 6.07) is 0. The molecule has 0 fully saturated rings. The van der Waals surface area contributed by atoms with Crippen LogP contribution in [0.3, 0.4) is 0 Å². The van der Waals surface area contributed by atoms with E-state index in [9.17, 15) is 14.9 Å². The summed E-state index contributed by atoms with van der Waals surface area (Å²) >= 11 is 2.89. The number of aromatic nitrogens is 2. The largest absolute Gasteiger partial charge is 0.476 e. The summed E-state index contributed by atoms with van der Waals surface area (Å²) in [6.45, 7) is 0. The quantitative estimate of drug-likeness (QED) is 0.617. The van der Waals surface area contributed by atoms with E-state index in [2.05, 4.69) is 20.9 Å². The third kappa shape index (κ3) is 1.52. The number of hydrogen-bond acceptors (Lipinski definition) is 4. The van der Waals surface area contributed by atoms with Crippen LogP contribution in [-0.2, 0) is 7.05 Å². The Morgan fingerprint density at radius 1 is 1.77 bits per heavy atom. The monoisotopic (exact) mass is 249 g/mol. The number of nitro groups is 1. The first kappa shape index (κ1) is 9.65.